The second-order valence-electron chi connectivity index (χ2n) is 2.78. The number of para-hydroxylation sites is 1. The molecule has 0 aliphatic carbocycles. The number of ether oxygens (including phenoxy) is 1. The van der Waals surface area contributed by atoms with Crippen molar-refractivity contribution >= 4 is 43.7 Å². The fourth-order valence-electron chi connectivity index (χ4n) is 0.696. The Balaban J connectivity index is -0.000000109. The number of carboxylic acids is 1. The van der Waals surface area contributed by atoms with Crippen molar-refractivity contribution in [3.63, 3.8) is 0 Å². The Morgan fingerprint density at radius 1 is 1.44 bits per heavy atom. The van der Waals surface area contributed by atoms with E-state index in [0.29, 0.717) is 5.75 Å². The van der Waals surface area contributed by atoms with Crippen LogP contribution in [0.3, 0.4) is 0 Å². The van der Waals surface area contributed by atoms with Gasteiger partial charge in [-0.15, -0.1) is 0 Å². The number of carbonyl (C=O) groups is 1. The molecule has 1 atom stereocenters. The molecule has 2 N–H and O–H groups in total. The predicted molar refractivity (Wildman–Crippen MR) is 64.7 cm³/mol. The molecule has 0 fully saturated rings. The van der Waals surface area contributed by atoms with Crippen LogP contribution in [-0.2, 0) is 4.79 Å². The Bertz CT molecular complexity index is 284. The summed E-state index contributed by atoms with van der Waals surface area (Å²) in [6, 6.07) is 9.21. The van der Waals surface area contributed by atoms with E-state index in [0.717, 1.165) is 0 Å². The maximum absolute atomic E-state index is 9.37. The van der Waals surface area contributed by atoms with Crippen molar-refractivity contribution in [3.05, 3.63) is 30.3 Å². The molecule has 5 heteroatoms. The standard InChI is InChI=1S/C8H10O2.C3H6O2.Ca.2H/c1-7(9)10-8-5-3-2-4-6-8;1-2-3(4)5;;;/h2-7,9H,1H3;2H2,1H3,(H,4,5);;;/q;;+2;2*-1. The molecule has 1 aromatic carbocycles. The third kappa shape index (κ3) is 11.8. The smallest absolute Gasteiger partial charge is 1.00 e. The van der Waals surface area contributed by atoms with Gasteiger partial charge in [-0.25, -0.2) is 0 Å². The van der Waals surface area contributed by atoms with Crippen LogP contribution < -0.4 is 4.74 Å². The van der Waals surface area contributed by atoms with Gasteiger partial charge in [0.2, 0.25) is 0 Å². The summed E-state index contributed by atoms with van der Waals surface area (Å²) in [7, 11) is 0. The molecule has 0 aliphatic rings. The van der Waals surface area contributed by atoms with Gasteiger partial charge in [0.25, 0.3) is 0 Å². The Hall–Kier alpha value is -0.290. The summed E-state index contributed by atoms with van der Waals surface area (Å²) in [6.45, 7) is 3.18. The van der Waals surface area contributed by atoms with Crippen LogP contribution in [0.4, 0.5) is 0 Å². The zero-order valence-corrected chi connectivity index (χ0v) is 11.8. The summed E-state index contributed by atoms with van der Waals surface area (Å²) in [6.07, 6.45) is -0.512. The topological polar surface area (TPSA) is 66.8 Å². The Morgan fingerprint density at radius 2 is 1.88 bits per heavy atom. The molecule has 0 saturated heterocycles. The molecular weight excluding hydrogens is 236 g/mol. The third-order valence-corrected chi connectivity index (χ3v) is 1.35. The van der Waals surface area contributed by atoms with Crippen molar-refractivity contribution in [3.8, 4) is 5.75 Å². The van der Waals surface area contributed by atoms with E-state index in [-0.39, 0.29) is 47.0 Å². The summed E-state index contributed by atoms with van der Waals surface area (Å²) in [5.74, 6) is -0.0532. The van der Waals surface area contributed by atoms with Crippen molar-refractivity contribution in [2.75, 3.05) is 0 Å². The average Bonchev–Trinajstić information content (AvgIpc) is 2.19. The van der Waals surface area contributed by atoms with Crippen molar-refractivity contribution in [2.24, 2.45) is 0 Å². The average molecular weight is 254 g/mol. The minimum atomic E-state index is -0.745. The van der Waals surface area contributed by atoms with Crippen LogP contribution in [0, 0.1) is 0 Å². The van der Waals surface area contributed by atoms with Gasteiger partial charge < -0.3 is 17.8 Å². The van der Waals surface area contributed by atoms with E-state index in [1.807, 2.05) is 18.2 Å². The molecule has 0 aromatic heterocycles. The van der Waals surface area contributed by atoms with Gasteiger partial charge in [-0.05, 0) is 19.1 Å². The van der Waals surface area contributed by atoms with E-state index in [2.05, 4.69) is 0 Å². The molecule has 4 nitrogen and oxygen atoms in total. The van der Waals surface area contributed by atoms with Crippen LogP contribution in [0.5, 0.6) is 5.75 Å². The summed E-state index contributed by atoms with van der Waals surface area (Å²) in [4.78, 5) is 9.37. The second-order valence-corrected chi connectivity index (χ2v) is 2.78. The predicted octanol–water partition coefficient (Wildman–Crippen LogP) is 1.73. The second kappa shape index (κ2) is 11.2. The zero-order valence-electron chi connectivity index (χ0n) is 11.6. The Kier molecular flexibility index (Phi) is 12.7. The van der Waals surface area contributed by atoms with Crippen LogP contribution in [-0.4, -0.2) is 60.2 Å². The molecule has 1 unspecified atom stereocenters. The molecule has 0 heterocycles. The SMILES string of the molecule is CC(O)Oc1ccccc1.CCC(=O)O.[Ca+2].[H-].[H-]. The molecular formula is C11H18CaO4. The summed E-state index contributed by atoms with van der Waals surface area (Å²) in [5.41, 5.74) is 0. The normalized spacial score (nSPS) is 10.2. The third-order valence-electron chi connectivity index (χ3n) is 1.35. The molecule has 1 rings (SSSR count). The molecule has 0 saturated carbocycles. The van der Waals surface area contributed by atoms with Crippen molar-refractivity contribution < 1.29 is 22.6 Å². The van der Waals surface area contributed by atoms with Crippen molar-refractivity contribution in [1.82, 2.24) is 0 Å². The van der Waals surface area contributed by atoms with Crippen LogP contribution in [0.25, 0.3) is 0 Å². The summed E-state index contributed by atoms with van der Waals surface area (Å²) < 4.78 is 4.97. The first-order valence-corrected chi connectivity index (χ1v) is 4.67. The van der Waals surface area contributed by atoms with E-state index in [4.69, 9.17) is 14.9 Å². The Labute approximate surface area is 128 Å². The van der Waals surface area contributed by atoms with E-state index < -0.39 is 12.3 Å². The number of aliphatic hydroxyl groups excluding tert-OH is 1. The summed E-state index contributed by atoms with van der Waals surface area (Å²) >= 11 is 0. The first-order chi connectivity index (χ1) is 7.06. The number of rotatable bonds is 3. The van der Waals surface area contributed by atoms with Gasteiger partial charge in [0.15, 0.2) is 6.29 Å². The van der Waals surface area contributed by atoms with Gasteiger partial charge in [-0.1, -0.05) is 25.1 Å². The van der Waals surface area contributed by atoms with Crippen LogP contribution in [0.15, 0.2) is 30.3 Å². The molecule has 0 bridgehead atoms. The maximum Gasteiger partial charge on any atom is 2.00 e. The van der Waals surface area contributed by atoms with Gasteiger partial charge in [0.05, 0.1) is 0 Å². The first kappa shape index (κ1) is 18.1. The molecule has 0 radical (unpaired) electrons. The minimum absolute atomic E-state index is 0. The quantitative estimate of drug-likeness (QED) is 0.637. The summed E-state index contributed by atoms with van der Waals surface area (Å²) in [5, 5.41) is 16.5. The van der Waals surface area contributed by atoms with Crippen LogP contribution in [0.2, 0.25) is 0 Å². The van der Waals surface area contributed by atoms with E-state index in [9.17, 15) is 4.79 Å². The first-order valence-electron chi connectivity index (χ1n) is 4.67. The van der Waals surface area contributed by atoms with Crippen LogP contribution >= 0.6 is 0 Å². The molecule has 0 amide bonds. The molecule has 0 spiro atoms. The van der Waals surface area contributed by atoms with Crippen molar-refractivity contribution in [2.45, 2.75) is 26.6 Å². The van der Waals surface area contributed by atoms with E-state index in [1.165, 1.54) is 0 Å². The van der Waals surface area contributed by atoms with Gasteiger partial charge in [0.1, 0.15) is 5.75 Å². The van der Waals surface area contributed by atoms with Gasteiger partial charge in [-0.2, -0.15) is 0 Å². The zero-order chi connectivity index (χ0) is 11.7. The van der Waals surface area contributed by atoms with Crippen molar-refractivity contribution in [1.29, 1.82) is 0 Å². The van der Waals surface area contributed by atoms with E-state index in [1.54, 1.807) is 26.0 Å². The number of benzene rings is 1. The molecule has 0 aliphatic heterocycles. The number of hydrogen-bond acceptors (Lipinski definition) is 3. The number of aliphatic hydroxyl groups is 1. The maximum atomic E-state index is 9.37. The fraction of sp³-hybridized carbons (Fsp3) is 0.364. The largest absolute Gasteiger partial charge is 2.00 e. The molecule has 88 valence electrons. The van der Waals surface area contributed by atoms with Gasteiger partial charge in [-0.3, -0.25) is 4.79 Å². The van der Waals surface area contributed by atoms with Gasteiger partial charge in [0, 0.05) is 6.42 Å². The molecule has 16 heavy (non-hydrogen) atoms. The van der Waals surface area contributed by atoms with Crippen LogP contribution in [0.1, 0.15) is 23.1 Å². The minimum Gasteiger partial charge on any atom is -1.00 e. The van der Waals surface area contributed by atoms with Gasteiger partial charge >= 0.3 is 43.7 Å². The number of aliphatic carboxylic acids is 1. The van der Waals surface area contributed by atoms with E-state index >= 15 is 0 Å². The molecule has 1 aromatic rings. The Morgan fingerprint density at radius 3 is 2.19 bits per heavy atom. The fourth-order valence-corrected chi connectivity index (χ4v) is 0.696. The number of carboxylic acid groups (broad SMARTS) is 1. The number of hydrogen-bond donors (Lipinski definition) is 2. The monoisotopic (exact) mass is 254 g/mol.